The first-order valence-corrected chi connectivity index (χ1v) is 9.52. The van der Waals surface area contributed by atoms with Crippen molar-refractivity contribution in [2.45, 2.75) is 18.8 Å². The molecule has 0 spiro atoms. The molecule has 8 heteroatoms. The predicted molar refractivity (Wildman–Crippen MR) is 107 cm³/mol. The van der Waals surface area contributed by atoms with Gasteiger partial charge in [0.1, 0.15) is 17.9 Å². The topological polar surface area (TPSA) is 84.0 Å². The zero-order valence-corrected chi connectivity index (χ0v) is 16.0. The van der Waals surface area contributed by atoms with Crippen molar-refractivity contribution in [2.24, 2.45) is 0 Å². The molecule has 4 rings (SSSR count). The van der Waals surface area contributed by atoms with E-state index >= 15 is 0 Å². The molecule has 1 saturated heterocycles. The van der Waals surface area contributed by atoms with Crippen LogP contribution >= 0.6 is 11.6 Å². The van der Waals surface area contributed by atoms with Crippen LogP contribution in [0.4, 0.5) is 0 Å². The first-order valence-electron chi connectivity index (χ1n) is 9.15. The number of fused-ring (bicyclic) bond motifs is 1. The second-order valence-corrected chi connectivity index (χ2v) is 7.11. The van der Waals surface area contributed by atoms with Crippen molar-refractivity contribution >= 4 is 28.7 Å². The molecular weight excluding hydrogens is 378 g/mol. The van der Waals surface area contributed by atoms with E-state index in [1.165, 1.54) is 0 Å². The summed E-state index contributed by atoms with van der Waals surface area (Å²) in [5.41, 5.74) is 2.90. The second kappa shape index (κ2) is 7.98. The van der Waals surface area contributed by atoms with Crippen molar-refractivity contribution in [1.82, 2.24) is 25.1 Å². The van der Waals surface area contributed by atoms with E-state index in [4.69, 9.17) is 16.3 Å². The normalized spacial score (nSPS) is 15.0. The minimum Gasteiger partial charge on any atom is -0.489 e. The number of hydrogen-bond donors (Lipinski definition) is 1. The minimum absolute atomic E-state index is 0.0747. The molecule has 0 unspecified atom stereocenters. The fraction of sp³-hybridized carbons (Fsp3) is 0.300. The van der Waals surface area contributed by atoms with Crippen LogP contribution in [0.15, 0.2) is 43.2 Å². The van der Waals surface area contributed by atoms with Crippen LogP contribution in [-0.4, -0.2) is 50.7 Å². The summed E-state index contributed by atoms with van der Waals surface area (Å²) in [6, 6.07) is 5.10. The fourth-order valence-electron chi connectivity index (χ4n) is 3.54. The third-order valence-electron chi connectivity index (χ3n) is 4.94. The van der Waals surface area contributed by atoms with E-state index in [0.29, 0.717) is 41.7 Å². The Morgan fingerprint density at radius 2 is 2.11 bits per heavy atom. The summed E-state index contributed by atoms with van der Waals surface area (Å²) in [6.07, 6.45) is 6.59. The molecule has 1 aromatic carbocycles. The lowest BCUT2D eigenvalue weighted by molar-refractivity contribution is 0.0708. The van der Waals surface area contributed by atoms with Crippen LogP contribution in [0.3, 0.4) is 0 Å². The summed E-state index contributed by atoms with van der Waals surface area (Å²) >= 11 is 6.11. The molecule has 3 aromatic rings. The van der Waals surface area contributed by atoms with Gasteiger partial charge in [-0.2, -0.15) is 5.10 Å². The van der Waals surface area contributed by atoms with Gasteiger partial charge >= 0.3 is 0 Å². The number of likely N-dealkylation sites (tertiary alicyclic amines) is 1. The van der Waals surface area contributed by atoms with E-state index in [2.05, 4.69) is 26.7 Å². The molecule has 144 valence electrons. The number of benzene rings is 1. The van der Waals surface area contributed by atoms with Gasteiger partial charge in [-0.1, -0.05) is 24.3 Å². The number of aromatic nitrogens is 4. The van der Waals surface area contributed by atoms with Gasteiger partial charge < -0.3 is 9.64 Å². The largest absolute Gasteiger partial charge is 0.489 e. The number of piperidine rings is 1. The Kier molecular flexibility index (Phi) is 5.25. The first kappa shape index (κ1) is 18.4. The van der Waals surface area contributed by atoms with Gasteiger partial charge in [0.15, 0.2) is 5.65 Å². The van der Waals surface area contributed by atoms with E-state index in [9.17, 15) is 4.79 Å². The number of amides is 1. The molecule has 0 radical (unpaired) electrons. The summed E-state index contributed by atoms with van der Waals surface area (Å²) < 4.78 is 5.63. The molecule has 0 aliphatic carbocycles. The van der Waals surface area contributed by atoms with Gasteiger partial charge in [-0.25, -0.2) is 9.97 Å². The van der Waals surface area contributed by atoms with Crippen LogP contribution in [0.1, 0.15) is 34.8 Å². The van der Waals surface area contributed by atoms with Crippen LogP contribution in [0.25, 0.3) is 11.2 Å². The Labute approximate surface area is 167 Å². The Balaban J connectivity index is 1.49. The number of H-pyrrole nitrogens is 1. The van der Waals surface area contributed by atoms with Crippen molar-refractivity contribution in [1.29, 1.82) is 0 Å². The highest BCUT2D eigenvalue weighted by Gasteiger charge is 2.28. The highest BCUT2D eigenvalue weighted by molar-refractivity contribution is 6.31. The van der Waals surface area contributed by atoms with Crippen molar-refractivity contribution in [2.75, 3.05) is 19.7 Å². The summed E-state index contributed by atoms with van der Waals surface area (Å²) in [5, 5.41) is 7.81. The van der Waals surface area contributed by atoms with Gasteiger partial charge in [0.2, 0.25) is 0 Å². The van der Waals surface area contributed by atoms with Crippen LogP contribution in [0, 0.1) is 0 Å². The number of hydrogen-bond acceptors (Lipinski definition) is 5. The lowest BCUT2D eigenvalue weighted by Crippen LogP contribution is -2.38. The monoisotopic (exact) mass is 397 g/mol. The molecule has 0 saturated carbocycles. The van der Waals surface area contributed by atoms with Crippen molar-refractivity contribution < 1.29 is 9.53 Å². The van der Waals surface area contributed by atoms with Crippen molar-refractivity contribution in [3.8, 4) is 5.75 Å². The van der Waals surface area contributed by atoms with Gasteiger partial charge in [0, 0.05) is 36.4 Å². The minimum atomic E-state index is -0.0747. The number of aromatic amines is 1. The van der Waals surface area contributed by atoms with E-state index in [-0.39, 0.29) is 11.8 Å². The number of rotatable bonds is 5. The van der Waals surface area contributed by atoms with Gasteiger partial charge in [0.25, 0.3) is 5.91 Å². The first-order chi connectivity index (χ1) is 13.7. The maximum Gasteiger partial charge on any atom is 0.257 e. The van der Waals surface area contributed by atoms with Crippen LogP contribution in [-0.2, 0) is 0 Å². The molecule has 1 fully saturated rings. The number of nitrogens with zero attached hydrogens (tertiary/aromatic N) is 4. The SMILES string of the molecule is C=CCOc1ccc(Cl)cc1C(=O)N1CCC(c2[nH]nc3nccnc23)CC1. The third-order valence-corrected chi connectivity index (χ3v) is 5.17. The summed E-state index contributed by atoms with van der Waals surface area (Å²) in [5.74, 6) is 0.710. The average Bonchev–Trinajstić information content (AvgIpc) is 3.16. The molecule has 0 bridgehead atoms. The molecule has 28 heavy (non-hydrogen) atoms. The molecular formula is C20H20ClN5O2. The molecule has 1 aliphatic heterocycles. The third kappa shape index (κ3) is 3.57. The number of ether oxygens (including phenoxy) is 1. The Hall–Kier alpha value is -2.93. The number of carbonyl (C=O) groups excluding carboxylic acids is 1. The maximum atomic E-state index is 13.1. The van der Waals surface area contributed by atoms with E-state index in [1.54, 1.807) is 36.7 Å². The zero-order valence-electron chi connectivity index (χ0n) is 15.3. The highest BCUT2D eigenvalue weighted by Crippen LogP contribution is 2.32. The highest BCUT2D eigenvalue weighted by atomic mass is 35.5. The van der Waals surface area contributed by atoms with Gasteiger partial charge in [-0.15, -0.1) is 0 Å². The van der Waals surface area contributed by atoms with E-state index in [1.807, 2.05) is 4.90 Å². The molecule has 1 N–H and O–H groups in total. The van der Waals surface area contributed by atoms with Crippen molar-refractivity contribution in [3.05, 3.63) is 59.5 Å². The van der Waals surface area contributed by atoms with Crippen molar-refractivity contribution in [3.63, 3.8) is 0 Å². The van der Waals surface area contributed by atoms with Crippen LogP contribution in [0.5, 0.6) is 5.75 Å². The molecule has 2 aromatic heterocycles. The summed E-state index contributed by atoms with van der Waals surface area (Å²) in [6.45, 7) is 5.25. The van der Waals surface area contributed by atoms with Crippen LogP contribution < -0.4 is 4.74 Å². The van der Waals surface area contributed by atoms with E-state index in [0.717, 1.165) is 24.1 Å². The quantitative estimate of drug-likeness (QED) is 0.665. The molecule has 3 heterocycles. The Morgan fingerprint density at radius 1 is 1.32 bits per heavy atom. The number of nitrogens with one attached hydrogen (secondary N) is 1. The maximum absolute atomic E-state index is 13.1. The average molecular weight is 398 g/mol. The molecule has 1 aliphatic rings. The summed E-state index contributed by atoms with van der Waals surface area (Å²) in [7, 11) is 0. The fourth-order valence-corrected chi connectivity index (χ4v) is 3.71. The van der Waals surface area contributed by atoms with Gasteiger partial charge in [-0.05, 0) is 31.0 Å². The number of carbonyl (C=O) groups is 1. The zero-order chi connectivity index (χ0) is 19.5. The van der Waals surface area contributed by atoms with Crippen LogP contribution in [0.2, 0.25) is 5.02 Å². The molecule has 1 amide bonds. The Morgan fingerprint density at radius 3 is 2.89 bits per heavy atom. The smallest absolute Gasteiger partial charge is 0.257 e. The predicted octanol–water partition coefficient (Wildman–Crippen LogP) is 3.59. The lowest BCUT2D eigenvalue weighted by Gasteiger charge is -2.32. The summed E-state index contributed by atoms with van der Waals surface area (Å²) in [4.78, 5) is 23.5. The number of halogens is 1. The van der Waals surface area contributed by atoms with Gasteiger partial charge in [-0.3, -0.25) is 9.89 Å². The second-order valence-electron chi connectivity index (χ2n) is 6.67. The molecule has 0 atom stereocenters. The van der Waals surface area contributed by atoms with E-state index < -0.39 is 0 Å². The molecule has 7 nitrogen and oxygen atoms in total. The standard InChI is InChI=1S/C20H20ClN5O2/c1-2-11-28-16-4-3-14(21)12-15(16)20(27)26-9-5-13(6-10-26)17-18-19(25-24-17)23-8-7-22-18/h2-4,7-8,12-13H,1,5-6,9-11H2,(H,23,24,25). The Bertz CT molecular complexity index is 1010. The van der Waals surface area contributed by atoms with Gasteiger partial charge in [0.05, 0.1) is 11.3 Å². The lowest BCUT2D eigenvalue weighted by atomic mass is 9.92.